The molecule has 1 heterocycles. The van der Waals surface area contributed by atoms with E-state index >= 15 is 0 Å². The molecule has 5 nitrogen and oxygen atoms in total. The Morgan fingerprint density at radius 1 is 1.39 bits per heavy atom. The normalized spacial score (nSPS) is 20.6. The quantitative estimate of drug-likeness (QED) is 0.570. The average molecular weight is 399 g/mol. The van der Waals surface area contributed by atoms with Gasteiger partial charge in [0, 0.05) is 15.9 Å². The number of benzene rings is 1. The van der Waals surface area contributed by atoms with Crippen molar-refractivity contribution < 1.29 is 14.3 Å². The van der Waals surface area contributed by atoms with Crippen LogP contribution in [0.4, 0.5) is 4.79 Å². The van der Waals surface area contributed by atoms with E-state index in [0.717, 1.165) is 21.5 Å². The maximum Gasteiger partial charge on any atom is 0.319 e. The van der Waals surface area contributed by atoms with Crippen molar-refractivity contribution in [3.05, 3.63) is 46.6 Å². The molecular weight excluding hydrogens is 380 g/mol. The van der Waals surface area contributed by atoms with E-state index in [4.69, 9.17) is 4.74 Å². The molecule has 1 aromatic rings. The Hall–Kier alpha value is -1.47. The summed E-state index contributed by atoms with van der Waals surface area (Å²) in [6.07, 6.45) is 0. The zero-order chi connectivity index (χ0) is 16.8. The molecular formula is C16H19BrN2O3S. The number of thioether (sulfide) groups is 1. The van der Waals surface area contributed by atoms with Gasteiger partial charge < -0.3 is 15.4 Å². The third-order valence-electron chi connectivity index (χ3n) is 3.43. The molecule has 124 valence electrons. The lowest BCUT2D eigenvalue weighted by Gasteiger charge is -2.33. The van der Waals surface area contributed by atoms with Crippen molar-refractivity contribution in [3.63, 3.8) is 0 Å². The number of urea groups is 1. The second kappa shape index (κ2) is 8.40. The van der Waals surface area contributed by atoms with Gasteiger partial charge in [-0.15, -0.1) is 0 Å². The fraction of sp³-hybridized carbons (Fsp3) is 0.375. The molecule has 0 aromatic heterocycles. The standard InChI is InChI=1S/C16H19BrN2O3S/c1-3-23-9-8-22-15(20)13-10(2)18-16(21)19-14(13)11-4-6-12(17)7-5-11/h4-7,13-14H,2-3,8-9H2,1H3,(H2,18,19,21)/t13-,14+/m0/s1. The van der Waals surface area contributed by atoms with Gasteiger partial charge in [0.15, 0.2) is 0 Å². The van der Waals surface area contributed by atoms with E-state index in [9.17, 15) is 9.59 Å². The third kappa shape index (κ3) is 4.75. The number of carbonyl (C=O) groups is 2. The summed E-state index contributed by atoms with van der Waals surface area (Å²) in [5.41, 5.74) is 1.18. The van der Waals surface area contributed by atoms with Gasteiger partial charge in [0.2, 0.25) is 0 Å². The number of esters is 1. The maximum atomic E-state index is 12.4. The number of hydrogen-bond acceptors (Lipinski definition) is 4. The van der Waals surface area contributed by atoms with Crippen LogP contribution in [-0.2, 0) is 9.53 Å². The summed E-state index contributed by atoms with van der Waals surface area (Å²) in [5, 5.41) is 5.35. The smallest absolute Gasteiger partial charge is 0.319 e. The minimum Gasteiger partial charge on any atom is -0.464 e. The highest BCUT2D eigenvalue weighted by Crippen LogP contribution is 2.31. The molecule has 1 saturated heterocycles. The fourth-order valence-corrected chi connectivity index (χ4v) is 3.10. The molecule has 2 N–H and O–H groups in total. The molecule has 1 aromatic carbocycles. The SMILES string of the molecule is C=C1NC(=O)N[C@H](c2ccc(Br)cc2)[C@H]1C(=O)OCCSCC. The molecule has 23 heavy (non-hydrogen) atoms. The van der Waals surface area contributed by atoms with E-state index in [1.807, 2.05) is 24.3 Å². The number of nitrogens with one attached hydrogen (secondary N) is 2. The van der Waals surface area contributed by atoms with Gasteiger partial charge in [0.1, 0.15) is 12.5 Å². The largest absolute Gasteiger partial charge is 0.464 e. The Balaban J connectivity index is 2.14. The van der Waals surface area contributed by atoms with Crippen LogP contribution >= 0.6 is 27.7 Å². The van der Waals surface area contributed by atoms with Gasteiger partial charge in [-0.25, -0.2) is 4.79 Å². The van der Waals surface area contributed by atoms with Crippen molar-refractivity contribution in [1.29, 1.82) is 0 Å². The van der Waals surface area contributed by atoms with Gasteiger partial charge in [0.05, 0.1) is 6.04 Å². The second-order valence-electron chi connectivity index (χ2n) is 5.00. The predicted molar refractivity (Wildman–Crippen MR) is 95.1 cm³/mol. The third-order valence-corrected chi connectivity index (χ3v) is 4.82. The molecule has 0 bridgehead atoms. The van der Waals surface area contributed by atoms with Gasteiger partial charge in [-0.2, -0.15) is 11.8 Å². The Morgan fingerprint density at radius 2 is 2.09 bits per heavy atom. The first kappa shape index (κ1) is 17.9. The van der Waals surface area contributed by atoms with Gasteiger partial charge in [-0.05, 0) is 23.4 Å². The van der Waals surface area contributed by atoms with Crippen LogP contribution in [0.15, 0.2) is 41.0 Å². The number of halogens is 1. The van der Waals surface area contributed by atoms with E-state index < -0.39 is 12.0 Å². The zero-order valence-electron chi connectivity index (χ0n) is 12.8. The molecule has 0 spiro atoms. The first-order valence-corrected chi connectivity index (χ1v) is 9.24. The monoisotopic (exact) mass is 398 g/mol. The van der Waals surface area contributed by atoms with Gasteiger partial charge in [-0.3, -0.25) is 4.79 Å². The highest BCUT2D eigenvalue weighted by Gasteiger charge is 2.38. The van der Waals surface area contributed by atoms with Crippen LogP contribution in [0.1, 0.15) is 18.5 Å². The molecule has 0 unspecified atom stereocenters. The van der Waals surface area contributed by atoms with Crippen molar-refractivity contribution in [2.24, 2.45) is 5.92 Å². The van der Waals surface area contributed by atoms with Gasteiger partial charge >= 0.3 is 12.0 Å². The molecule has 2 rings (SSSR count). The van der Waals surface area contributed by atoms with Crippen molar-refractivity contribution in [2.45, 2.75) is 13.0 Å². The zero-order valence-corrected chi connectivity index (χ0v) is 15.2. The highest BCUT2D eigenvalue weighted by molar-refractivity contribution is 9.10. The Morgan fingerprint density at radius 3 is 2.74 bits per heavy atom. The molecule has 0 radical (unpaired) electrons. The molecule has 1 fully saturated rings. The lowest BCUT2D eigenvalue weighted by molar-refractivity contribution is -0.147. The van der Waals surface area contributed by atoms with E-state index in [0.29, 0.717) is 12.3 Å². The lowest BCUT2D eigenvalue weighted by Crippen LogP contribution is -2.51. The number of hydrogen-bond donors (Lipinski definition) is 2. The number of ether oxygens (including phenoxy) is 1. The molecule has 2 amide bonds. The highest BCUT2D eigenvalue weighted by atomic mass is 79.9. The van der Waals surface area contributed by atoms with Crippen LogP contribution in [0.5, 0.6) is 0 Å². The predicted octanol–water partition coefficient (Wildman–Crippen LogP) is 3.23. The molecule has 7 heteroatoms. The van der Waals surface area contributed by atoms with Gasteiger partial charge in [0.25, 0.3) is 0 Å². The van der Waals surface area contributed by atoms with E-state index in [2.05, 4.69) is 40.1 Å². The fourth-order valence-electron chi connectivity index (χ4n) is 2.34. The molecule has 0 aliphatic carbocycles. The van der Waals surface area contributed by atoms with Crippen LogP contribution in [0.2, 0.25) is 0 Å². The molecule has 2 atom stereocenters. The summed E-state index contributed by atoms with van der Waals surface area (Å²) in [6, 6.07) is 6.60. The van der Waals surface area contributed by atoms with E-state index in [-0.39, 0.29) is 12.0 Å². The van der Waals surface area contributed by atoms with Crippen molar-refractivity contribution in [1.82, 2.24) is 10.6 Å². The summed E-state index contributed by atoms with van der Waals surface area (Å²) in [7, 11) is 0. The number of carbonyl (C=O) groups excluding carboxylic acids is 2. The summed E-state index contributed by atoms with van der Waals surface area (Å²) in [6.45, 7) is 6.22. The maximum absolute atomic E-state index is 12.4. The average Bonchev–Trinajstić information content (AvgIpc) is 2.51. The minimum atomic E-state index is -0.652. The molecule has 1 aliphatic rings. The van der Waals surface area contributed by atoms with Crippen LogP contribution in [0.3, 0.4) is 0 Å². The summed E-state index contributed by atoms with van der Waals surface area (Å²) < 4.78 is 6.27. The first-order valence-electron chi connectivity index (χ1n) is 7.29. The molecule has 1 aliphatic heterocycles. The number of amides is 2. The van der Waals surface area contributed by atoms with Crippen LogP contribution in [0.25, 0.3) is 0 Å². The van der Waals surface area contributed by atoms with Gasteiger partial charge in [-0.1, -0.05) is 41.6 Å². The summed E-state index contributed by atoms with van der Waals surface area (Å²) in [5.74, 6) is 0.699. The van der Waals surface area contributed by atoms with E-state index in [1.54, 1.807) is 11.8 Å². The van der Waals surface area contributed by atoms with Crippen molar-refractivity contribution in [3.8, 4) is 0 Å². The minimum absolute atomic E-state index is 0.349. The first-order chi connectivity index (χ1) is 11.0. The van der Waals surface area contributed by atoms with Crippen LogP contribution in [0, 0.1) is 5.92 Å². The van der Waals surface area contributed by atoms with Crippen molar-refractivity contribution in [2.75, 3.05) is 18.1 Å². The Kier molecular flexibility index (Phi) is 6.53. The summed E-state index contributed by atoms with van der Waals surface area (Å²) >= 11 is 5.08. The van der Waals surface area contributed by atoms with Crippen LogP contribution < -0.4 is 10.6 Å². The molecule has 0 saturated carbocycles. The van der Waals surface area contributed by atoms with E-state index in [1.165, 1.54) is 0 Å². The Bertz CT molecular complexity index is 591. The van der Waals surface area contributed by atoms with Crippen molar-refractivity contribution >= 4 is 39.7 Å². The van der Waals surface area contributed by atoms with Crippen LogP contribution in [-0.4, -0.2) is 30.1 Å². The number of rotatable bonds is 6. The second-order valence-corrected chi connectivity index (χ2v) is 7.30. The lowest BCUT2D eigenvalue weighted by atomic mass is 9.89. The Labute approximate surface area is 148 Å². The summed E-state index contributed by atoms with van der Waals surface area (Å²) in [4.78, 5) is 24.2. The topological polar surface area (TPSA) is 67.4 Å².